The molecule has 0 spiro atoms. The van der Waals surface area contributed by atoms with E-state index in [4.69, 9.17) is 4.42 Å². The first-order valence-corrected chi connectivity index (χ1v) is 10.3. The number of benzene rings is 1. The third kappa shape index (κ3) is 4.11. The van der Waals surface area contributed by atoms with Gasteiger partial charge in [0.2, 0.25) is 5.91 Å². The second kappa shape index (κ2) is 8.23. The lowest BCUT2D eigenvalue weighted by atomic mass is 10.0. The summed E-state index contributed by atoms with van der Waals surface area (Å²) in [7, 11) is 0. The van der Waals surface area contributed by atoms with Gasteiger partial charge in [-0.25, -0.2) is 4.79 Å². The largest absolute Gasteiger partial charge is 0.427 e. The number of hydrogen-bond donors (Lipinski definition) is 1. The number of amides is 2. The summed E-state index contributed by atoms with van der Waals surface area (Å²) in [5, 5.41) is 2.85. The molecule has 3 heterocycles. The number of hydrogen-bond acceptors (Lipinski definition) is 4. The average Bonchev–Trinajstić information content (AvgIpc) is 3.00. The Morgan fingerprint density at radius 1 is 1.14 bits per heavy atom. The number of carbonyl (C=O) groups is 2. The van der Waals surface area contributed by atoms with Crippen LogP contribution in [-0.4, -0.2) is 35.3 Å². The van der Waals surface area contributed by atoms with Gasteiger partial charge >= 0.3 is 5.63 Å². The van der Waals surface area contributed by atoms with E-state index in [1.807, 2.05) is 24.3 Å². The summed E-state index contributed by atoms with van der Waals surface area (Å²) >= 11 is 0. The molecule has 2 saturated heterocycles. The Morgan fingerprint density at radius 3 is 2.66 bits per heavy atom. The Morgan fingerprint density at radius 2 is 1.90 bits per heavy atom. The van der Waals surface area contributed by atoms with Crippen molar-refractivity contribution >= 4 is 11.8 Å². The van der Waals surface area contributed by atoms with Crippen molar-refractivity contribution in [2.75, 3.05) is 6.54 Å². The van der Waals surface area contributed by atoms with Crippen molar-refractivity contribution in [1.29, 1.82) is 0 Å². The zero-order valence-corrected chi connectivity index (χ0v) is 16.6. The number of fused-ring (bicyclic) bond motifs is 2. The van der Waals surface area contributed by atoms with Crippen LogP contribution in [0.4, 0.5) is 0 Å². The maximum Gasteiger partial charge on any atom is 0.349 e. The number of rotatable bonds is 5. The Labute approximate surface area is 169 Å². The lowest BCUT2D eigenvalue weighted by Gasteiger charge is -2.27. The summed E-state index contributed by atoms with van der Waals surface area (Å²) in [5.74, 6) is 0.263. The van der Waals surface area contributed by atoms with E-state index in [0.717, 1.165) is 25.7 Å². The molecule has 152 valence electrons. The van der Waals surface area contributed by atoms with Crippen LogP contribution < -0.4 is 10.9 Å². The third-order valence-electron chi connectivity index (χ3n) is 5.96. The van der Waals surface area contributed by atoms with Crippen molar-refractivity contribution in [2.45, 2.75) is 57.5 Å². The maximum atomic E-state index is 13.2. The predicted octanol–water partition coefficient (Wildman–Crippen LogP) is 2.62. The minimum absolute atomic E-state index is 0.0347. The summed E-state index contributed by atoms with van der Waals surface area (Å²) in [5.41, 5.74) is 1.41. The molecule has 1 N–H and O–H groups in total. The molecule has 2 aliphatic rings. The molecule has 2 aromatic rings. The van der Waals surface area contributed by atoms with Gasteiger partial charge in [-0.2, -0.15) is 0 Å². The molecule has 6 heteroatoms. The Bertz CT molecular complexity index is 967. The van der Waals surface area contributed by atoms with E-state index in [9.17, 15) is 14.4 Å². The van der Waals surface area contributed by atoms with Crippen molar-refractivity contribution in [3.05, 3.63) is 69.3 Å². The molecule has 2 amide bonds. The molecular formula is C23H26N2O4. The summed E-state index contributed by atoms with van der Waals surface area (Å²) in [4.78, 5) is 39.4. The molecule has 0 aliphatic carbocycles. The topological polar surface area (TPSA) is 79.6 Å². The van der Waals surface area contributed by atoms with Gasteiger partial charge < -0.3 is 14.6 Å². The number of carbonyl (C=O) groups excluding carboxylic acids is 2. The van der Waals surface area contributed by atoms with Crippen LogP contribution in [0.25, 0.3) is 0 Å². The fourth-order valence-electron chi connectivity index (χ4n) is 4.51. The monoisotopic (exact) mass is 394 g/mol. The highest BCUT2D eigenvalue weighted by molar-refractivity contribution is 5.96. The molecule has 2 bridgehead atoms. The molecule has 2 atom stereocenters. The molecule has 4 rings (SSSR count). The van der Waals surface area contributed by atoms with Gasteiger partial charge in [-0.05, 0) is 49.8 Å². The SMILES string of the molecule is Cc1cc(CCCc2ccccc2)oc(=O)c1C(=O)N1[C@@H]2CC[C@H]1CNC(=O)C2. The van der Waals surface area contributed by atoms with Crippen LogP contribution in [0.3, 0.4) is 0 Å². The first kappa shape index (κ1) is 19.4. The maximum absolute atomic E-state index is 13.2. The molecule has 2 aliphatic heterocycles. The van der Waals surface area contributed by atoms with E-state index in [2.05, 4.69) is 17.4 Å². The van der Waals surface area contributed by atoms with E-state index in [-0.39, 0.29) is 29.5 Å². The Kier molecular flexibility index (Phi) is 5.51. The second-order valence-corrected chi connectivity index (χ2v) is 8.00. The second-order valence-electron chi connectivity index (χ2n) is 8.00. The van der Waals surface area contributed by atoms with Crippen LogP contribution in [0.15, 0.2) is 45.6 Å². The van der Waals surface area contributed by atoms with E-state index in [1.165, 1.54) is 5.56 Å². The molecular weight excluding hydrogens is 368 g/mol. The first-order chi connectivity index (χ1) is 14.0. The summed E-state index contributed by atoms with van der Waals surface area (Å²) in [6.07, 6.45) is 4.35. The highest BCUT2D eigenvalue weighted by Gasteiger charge is 2.41. The number of aryl methyl sites for hydroxylation is 3. The minimum atomic E-state index is -0.576. The van der Waals surface area contributed by atoms with Crippen LogP contribution in [0.2, 0.25) is 0 Å². The zero-order chi connectivity index (χ0) is 20.4. The molecule has 1 aromatic heterocycles. The predicted molar refractivity (Wildman–Crippen MR) is 109 cm³/mol. The summed E-state index contributed by atoms with van der Waals surface area (Å²) in [6, 6.07) is 11.8. The smallest absolute Gasteiger partial charge is 0.349 e. The quantitative estimate of drug-likeness (QED) is 0.845. The van der Waals surface area contributed by atoms with Gasteiger partial charge in [0, 0.05) is 31.5 Å². The zero-order valence-electron chi connectivity index (χ0n) is 16.6. The summed E-state index contributed by atoms with van der Waals surface area (Å²) in [6.45, 7) is 2.23. The molecule has 2 fully saturated rings. The van der Waals surface area contributed by atoms with E-state index >= 15 is 0 Å². The molecule has 0 unspecified atom stereocenters. The number of nitrogens with one attached hydrogen (secondary N) is 1. The molecule has 6 nitrogen and oxygen atoms in total. The molecule has 1 aromatic carbocycles. The summed E-state index contributed by atoms with van der Waals surface area (Å²) < 4.78 is 5.50. The van der Waals surface area contributed by atoms with E-state index in [1.54, 1.807) is 11.8 Å². The normalized spacial score (nSPS) is 21.0. The lowest BCUT2D eigenvalue weighted by Crippen LogP contribution is -2.44. The third-order valence-corrected chi connectivity index (χ3v) is 5.96. The van der Waals surface area contributed by atoms with Crippen LogP contribution in [0, 0.1) is 6.92 Å². The first-order valence-electron chi connectivity index (χ1n) is 10.3. The minimum Gasteiger partial charge on any atom is -0.427 e. The molecule has 29 heavy (non-hydrogen) atoms. The van der Waals surface area contributed by atoms with Gasteiger partial charge in [0.1, 0.15) is 11.3 Å². The standard InChI is InChI=1S/C23H26N2O4/c1-15-12-19(9-5-8-16-6-3-2-4-7-16)29-23(28)21(15)22(27)25-17-10-11-18(25)14-24-20(26)13-17/h2-4,6-7,12,17-18H,5,8-11,13-14H2,1H3,(H,24,26)/t17-,18+/m1/s1. The van der Waals surface area contributed by atoms with Crippen molar-refractivity contribution in [3.8, 4) is 0 Å². The van der Waals surface area contributed by atoms with Gasteiger partial charge in [0.05, 0.1) is 0 Å². The van der Waals surface area contributed by atoms with Gasteiger partial charge in [-0.3, -0.25) is 9.59 Å². The van der Waals surface area contributed by atoms with E-state index < -0.39 is 5.63 Å². The lowest BCUT2D eigenvalue weighted by molar-refractivity contribution is -0.121. The van der Waals surface area contributed by atoms with Crippen LogP contribution in [0.5, 0.6) is 0 Å². The highest BCUT2D eigenvalue weighted by Crippen LogP contribution is 2.30. The van der Waals surface area contributed by atoms with Gasteiger partial charge in [0.15, 0.2) is 0 Å². The van der Waals surface area contributed by atoms with Crippen molar-refractivity contribution in [1.82, 2.24) is 10.2 Å². The van der Waals surface area contributed by atoms with Crippen LogP contribution in [-0.2, 0) is 17.6 Å². The van der Waals surface area contributed by atoms with Crippen molar-refractivity contribution < 1.29 is 14.0 Å². The Hall–Kier alpha value is -2.89. The van der Waals surface area contributed by atoms with E-state index in [0.29, 0.717) is 30.7 Å². The Balaban J connectivity index is 1.49. The molecule has 0 radical (unpaired) electrons. The van der Waals surface area contributed by atoms with Crippen LogP contribution in [0.1, 0.15) is 52.9 Å². The highest BCUT2D eigenvalue weighted by atomic mass is 16.4. The van der Waals surface area contributed by atoms with Gasteiger partial charge in [0.25, 0.3) is 5.91 Å². The fourth-order valence-corrected chi connectivity index (χ4v) is 4.51. The van der Waals surface area contributed by atoms with Crippen molar-refractivity contribution in [2.24, 2.45) is 0 Å². The van der Waals surface area contributed by atoms with Gasteiger partial charge in [-0.15, -0.1) is 0 Å². The van der Waals surface area contributed by atoms with Crippen LogP contribution >= 0.6 is 0 Å². The fraction of sp³-hybridized carbons (Fsp3) is 0.435. The van der Waals surface area contributed by atoms with Gasteiger partial charge in [-0.1, -0.05) is 30.3 Å². The van der Waals surface area contributed by atoms with Crippen molar-refractivity contribution in [3.63, 3.8) is 0 Å². The molecule has 0 saturated carbocycles. The number of nitrogens with zero attached hydrogens (tertiary/aromatic N) is 1. The average molecular weight is 394 g/mol.